The molecular weight excluding hydrogens is 730 g/mol. The number of hydrogen-bond acceptors (Lipinski definition) is 0. The Morgan fingerprint density at radius 3 is 1.76 bits per heavy atom. The van der Waals surface area contributed by atoms with Crippen LogP contribution in [-0.4, -0.2) is 4.57 Å². The van der Waals surface area contributed by atoms with Crippen molar-refractivity contribution in [1.29, 1.82) is 0 Å². The summed E-state index contributed by atoms with van der Waals surface area (Å²) in [5, 5.41) is 5.04. The first-order chi connectivity index (χ1) is 27.2. The third-order valence-corrected chi connectivity index (χ3v) is 12.2. The summed E-state index contributed by atoms with van der Waals surface area (Å²) in [4.78, 5) is 0. The molecule has 55 heavy (non-hydrogen) atoms. The summed E-state index contributed by atoms with van der Waals surface area (Å²) in [7, 11) is 0. The van der Waals surface area contributed by atoms with Gasteiger partial charge in [-0.1, -0.05) is 186 Å². The third-order valence-electron chi connectivity index (χ3n) is 11.7. The van der Waals surface area contributed by atoms with E-state index < -0.39 is 5.41 Å². The molecule has 0 aliphatic heterocycles. The van der Waals surface area contributed by atoms with Gasteiger partial charge >= 0.3 is 0 Å². The van der Waals surface area contributed by atoms with Gasteiger partial charge in [0.05, 0.1) is 16.4 Å². The fourth-order valence-electron chi connectivity index (χ4n) is 9.45. The molecule has 1 aromatic heterocycles. The molecule has 0 unspecified atom stereocenters. The number of fused-ring (bicyclic) bond motifs is 8. The number of nitrogens with zero attached hydrogens (tertiary/aromatic N) is 1. The minimum Gasteiger partial charge on any atom is -0.309 e. The predicted octanol–water partition coefficient (Wildman–Crippen LogP) is 14.4. The van der Waals surface area contributed by atoms with Gasteiger partial charge in [-0.05, 0) is 103 Å². The second-order valence-electron chi connectivity index (χ2n) is 14.6. The Morgan fingerprint density at radius 1 is 0.382 bits per heavy atom. The number of aromatic nitrogens is 1. The van der Waals surface area contributed by atoms with E-state index in [0.717, 1.165) is 10.2 Å². The Hall–Kier alpha value is -6.48. The number of benzene rings is 9. The summed E-state index contributed by atoms with van der Waals surface area (Å²) >= 11 is 3.71. The molecule has 0 atom stereocenters. The van der Waals surface area contributed by atoms with Crippen LogP contribution in [0.5, 0.6) is 0 Å². The third kappa shape index (κ3) is 4.78. The lowest BCUT2D eigenvalue weighted by Crippen LogP contribution is -2.28. The van der Waals surface area contributed by atoms with Crippen molar-refractivity contribution in [1.82, 2.24) is 4.57 Å². The van der Waals surface area contributed by atoms with Gasteiger partial charge in [0.2, 0.25) is 0 Å². The van der Waals surface area contributed by atoms with Crippen LogP contribution < -0.4 is 0 Å². The molecule has 11 rings (SSSR count). The minimum atomic E-state index is -0.482. The summed E-state index contributed by atoms with van der Waals surface area (Å²) in [6.45, 7) is 0. The van der Waals surface area contributed by atoms with Crippen molar-refractivity contribution in [3.8, 4) is 39.1 Å². The minimum absolute atomic E-state index is 0.482. The van der Waals surface area contributed by atoms with Crippen LogP contribution in [0.25, 0.3) is 71.6 Å². The predicted molar refractivity (Wildman–Crippen MR) is 234 cm³/mol. The summed E-state index contributed by atoms with van der Waals surface area (Å²) in [5.41, 5.74) is 15.6. The second-order valence-corrected chi connectivity index (χ2v) is 15.5. The highest BCUT2D eigenvalue weighted by Crippen LogP contribution is 2.56. The van der Waals surface area contributed by atoms with Crippen LogP contribution in [0.15, 0.2) is 211 Å². The lowest BCUT2D eigenvalue weighted by Gasteiger charge is -2.34. The molecule has 0 bridgehead atoms. The van der Waals surface area contributed by atoms with E-state index in [-0.39, 0.29) is 0 Å². The van der Waals surface area contributed by atoms with Crippen LogP contribution in [-0.2, 0) is 5.41 Å². The molecular formula is C53H34BrN. The fourth-order valence-corrected chi connectivity index (χ4v) is 9.85. The van der Waals surface area contributed by atoms with Gasteiger partial charge in [-0.25, -0.2) is 0 Å². The van der Waals surface area contributed by atoms with E-state index in [9.17, 15) is 0 Å². The monoisotopic (exact) mass is 763 g/mol. The fraction of sp³-hybridized carbons (Fsp3) is 0.0189. The zero-order valence-electron chi connectivity index (χ0n) is 30.0. The SMILES string of the molecule is Brc1cccc(-c2ccccc2-c2ccc3c4c5ccccc5ccc4n(-c4ccc5c(c4)C(c4ccccc4)(c4ccccc4)c4ccccc4-5)c3c2)c1. The smallest absolute Gasteiger partial charge is 0.0714 e. The zero-order chi connectivity index (χ0) is 36.5. The van der Waals surface area contributed by atoms with Crippen LogP contribution in [0.2, 0.25) is 0 Å². The van der Waals surface area contributed by atoms with Gasteiger partial charge in [0.1, 0.15) is 0 Å². The van der Waals surface area contributed by atoms with E-state index in [4.69, 9.17) is 0 Å². The molecule has 9 aromatic carbocycles. The summed E-state index contributed by atoms with van der Waals surface area (Å²) < 4.78 is 3.58. The Balaban J connectivity index is 1.23. The number of rotatable bonds is 5. The largest absolute Gasteiger partial charge is 0.309 e. The highest BCUT2D eigenvalue weighted by molar-refractivity contribution is 9.10. The molecule has 10 aromatic rings. The molecule has 1 heterocycles. The molecule has 1 aliphatic rings. The zero-order valence-corrected chi connectivity index (χ0v) is 31.5. The molecule has 0 fully saturated rings. The average molecular weight is 765 g/mol. The maximum Gasteiger partial charge on any atom is 0.0714 e. The number of hydrogen-bond donors (Lipinski definition) is 0. The van der Waals surface area contributed by atoms with Crippen LogP contribution in [0.1, 0.15) is 22.3 Å². The number of halogens is 1. The van der Waals surface area contributed by atoms with Crippen LogP contribution in [0, 0.1) is 0 Å². The lowest BCUT2D eigenvalue weighted by atomic mass is 9.67. The van der Waals surface area contributed by atoms with Crippen LogP contribution in [0.4, 0.5) is 0 Å². The van der Waals surface area contributed by atoms with Crippen LogP contribution in [0.3, 0.4) is 0 Å². The Labute approximate surface area is 328 Å². The molecule has 258 valence electrons. The standard InChI is InChI=1S/C53H34BrN/c54-40-20-13-15-36(32-40)42-21-9-10-22-43(42)37-26-29-47-51(33-37)55(50-31-27-35-14-7-8-23-44(35)52(47)50)41-28-30-46-45-24-11-12-25-48(45)53(49(46)34-41,38-16-3-1-4-17-38)39-18-5-2-6-19-39/h1-34H. The highest BCUT2D eigenvalue weighted by Gasteiger charge is 2.46. The van der Waals surface area contributed by atoms with E-state index >= 15 is 0 Å². The van der Waals surface area contributed by atoms with Crippen molar-refractivity contribution in [2.75, 3.05) is 0 Å². The lowest BCUT2D eigenvalue weighted by molar-refractivity contribution is 0.767. The summed E-state index contributed by atoms with van der Waals surface area (Å²) in [6, 6.07) is 76.1. The summed E-state index contributed by atoms with van der Waals surface area (Å²) in [5.74, 6) is 0. The molecule has 0 radical (unpaired) electrons. The van der Waals surface area contributed by atoms with Crippen molar-refractivity contribution in [3.05, 3.63) is 233 Å². The first-order valence-electron chi connectivity index (χ1n) is 18.9. The van der Waals surface area contributed by atoms with E-state index in [1.54, 1.807) is 0 Å². The molecule has 1 aliphatic carbocycles. The van der Waals surface area contributed by atoms with E-state index in [2.05, 4.69) is 227 Å². The van der Waals surface area contributed by atoms with E-state index in [0.29, 0.717) is 0 Å². The van der Waals surface area contributed by atoms with Gasteiger partial charge in [0.25, 0.3) is 0 Å². The first kappa shape index (κ1) is 32.0. The van der Waals surface area contributed by atoms with Crippen molar-refractivity contribution < 1.29 is 0 Å². The molecule has 0 spiro atoms. The average Bonchev–Trinajstić information content (AvgIpc) is 3.74. The van der Waals surface area contributed by atoms with Gasteiger partial charge < -0.3 is 4.57 Å². The quantitative estimate of drug-likeness (QED) is 0.164. The molecule has 0 saturated carbocycles. The van der Waals surface area contributed by atoms with Gasteiger partial charge in [0.15, 0.2) is 0 Å². The maximum atomic E-state index is 3.71. The van der Waals surface area contributed by atoms with Gasteiger partial charge in [-0.3, -0.25) is 0 Å². The molecule has 0 amide bonds. The highest BCUT2D eigenvalue weighted by atomic mass is 79.9. The van der Waals surface area contributed by atoms with Crippen LogP contribution >= 0.6 is 15.9 Å². The van der Waals surface area contributed by atoms with E-state index in [1.165, 1.54) is 88.2 Å². The normalized spacial score (nSPS) is 13.0. The van der Waals surface area contributed by atoms with Crippen molar-refractivity contribution >= 4 is 48.5 Å². The Morgan fingerprint density at radius 2 is 1.02 bits per heavy atom. The van der Waals surface area contributed by atoms with Gasteiger partial charge in [-0.2, -0.15) is 0 Å². The Kier molecular flexibility index (Phi) is 7.30. The van der Waals surface area contributed by atoms with Crippen molar-refractivity contribution in [2.45, 2.75) is 5.41 Å². The van der Waals surface area contributed by atoms with Crippen molar-refractivity contribution in [2.24, 2.45) is 0 Å². The van der Waals surface area contributed by atoms with Gasteiger partial charge in [0, 0.05) is 20.9 Å². The topological polar surface area (TPSA) is 4.93 Å². The first-order valence-corrected chi connectivity index (χ1v) is 19.7. The summed E-state index contributed by atoms with van der Waals surface area (Å²) in [6.07, 6.45) is 0. The molecule has 1 nitrogen and oxygen atoms in total. The Bertz CT molecular complexity index is 3060. The molecule has 2 heteroatoms. The second kappa shape index (κ2) is 12.6. The molecule has 0 N–H and O–H groups in total. The van der Waals surface area contributed by atoms with Crippen molar-refractivity contribution in [3.63, 3.8) is 0 Å². The van der Waals surface area contributed by atoms with Gasteiger partial charge in [-0.15, -0.1) is 0 Å². The van der Waals surface area contributed by atoms with E-state index in [1.807, 2.05) is 0 Å². The molecule has 0 saturated heterocycles. The maximum absolute atomic E-state index is 3.71.